The number of nitrogens with zero attached hydrogens (tertiary/aromatic N) is 2. The van der Waals surface area contributed by atoms with Crippen LogP contribution >= 0.6 is 0 Å². The van der Waals surface area contributed by atoms with Gasteiger partial charge in [0.1, 0.15) is 6.04 Å². The molecule has 0 amide bonds. The summed E-state index contributed by atoms with van der Waals surface area (Å²) in [6.07, 6.45) is -4.34. The van der Waals surface area contributed by atoms with Gasteiger partial charge in [0, 0.05) is 33.2 Å². The second-order valence-corrected chi connectivity index (χ2v) is 3.23. The minimum Gasteiger partial charge on any atom is -0.383 e. The molecule has 0 aliphatic carbocycles. The summed E-state index contributed by atoms with van der Waals surface area (Å²) in [4.78, 5) is 1.13. The van der Waals surface area contributed by atoms with Crippen LogP contribution in [0, 0.1) is 11.3 Å². The number of hydrogen-bond acceptors (Lipinski definition) is 4. The van der Waals surface area contributed by atoms with Crippen molar-refractivity contribution >= 4 is 0 Å². The molecule has 0 fully saturated rings. The SMILES string of the molecule is COCCN(CCC#N)C(CN)C(F)(F)F. The molecule has 4 nitrogen and oxygen atoms in total. The van der Waals surface area contributed by atoms with Crippen molar-refractivity contribution in [2.75, 3.05) is 33.4 Å². The highest BCUT2D eigenvalue weighted by Gasteiger charge is 2.42. The molecule has 0 radical (unpaired) electrons. The Morgan fingerprint density at radius 2 is 2.06 bits per heavy atom. The number of nitrogens with two attached hydrogens (primary N) is 1. The zero-order valence-corrected chi connectivity index (χ0v) is 9.13. The number of ether oxygens (including phenoxy) is 1. The van der Waals surface area contributed by atoms with Gasteiger partial charge < -0.3 is 10.5 Å². The third kappa shape index (κ3) is 5.30. The first-order valence-corrected chi connectivity index (χ1v) is 4.84. The van der Waals surface area contributed by atoms with Crippen molar-refractivity contribution in [1.82, 2.24) is 4.90 Å². The van der Waals surface area contributed by atoms with Gasteiger partial charge in [-0.1, -0.05) is 0 Å². The smallest absolute Gasteiger partial charge is 0.383 e. The van der Waals surface area contributed by atoms with Crippen molar-refractivity contribution in [3.8, 4) is 6.07 Å². The lowest BCUT2D eigenvalue weighted by Gasteiger charge is -2.31. The van der Waals surface area contributed by atoms with Crippen molar-refractivity contribution in [1.29, 1.82) is 5.26 Å². The van der Waals surface area contributed by atoms with E-state index in [0.717, 1.165) is 4.90 Å². The number of alkyl halides is 3. The molecule has 1 atom stereocenters. The summed E-state index contributed by atoms with van der Waals surface area (Å²) < 4.78 is 42.5. The number of hydrogen-bond donors (Lipinski definition) is 1. The fourth-order valence-corrected chi connectivity index (χ4v) is 1.32. The molecule has 0 spiro atoms. The molecule has 0 aliphatic rings. The Labute approximate surface area is 92.8 Å². The van der Waals surface area contributed by atoms with Gasteiger partial charge in [0.25, 0.3) is 0 Å². The highest BCUT2D eigenvalue weighted by atomic mass is 19.4. The predicted octanol–water partition coefficient (Wildman–Crippen LogP) is 0.738. The van der Waals surface area contributed by atoms with Crippen LogP contribution < -0.4 is 5.73 Å². The third-order valence-corrected chi connectivity index (χ3v) is 2.14. The average Bonchev–Trinajstić information content (AvgIpc) is 2.20. The predicted molar refractivity (Wildman–Crippen MR) is 52.6 cm³/mol. The van der Waals surface area contributed by atoms with E-state index in [4.69, 9.17) is 15.7 Å². The topological polar surface area (TPSA) is 62.3 Å². The van der Waals surface area contributed by atoms with Gasteiger partial charge >= 0.3 is 6.18 Å². The molecule has 0 saturated heterocycles. The summed E-state index contributed by atoms with van der Waals surface area (Å²) in [5.41, 5.74) is 5.12. The Hall–Kier alpha value is -0.840. The first kappa shape index (κ1) is 15.2. The fourth-order valence-electron chi connectivity index (χ4n) is 1.32. The van der Waals surface area contributed by atoms with Gasteiger partial charge in [0.05, 0.1) is 12.7 Å². The van der Waals surface area contributed by atoms with Gasteiger partial charge in [-0.2, -0.15) is 18.4 Å². The molecule has 16 heavy (non-hydrogen) atoms. The second kappa shape index (κ2) is 7.44. The molecule has 2 N–H and O–H groups in total. The normalized spacial score (nSPS) is 13.8. The van der Waals surface area contributed by atoms with Gasteiger partial charge in [-0.3, -0.25) is 4.90 Å². The maximum Gasteiger partial charge on any atom is 0.405 e. The zero-order chi connectivity index (χ0) is 12.6. The summed E-state index contributed by atoms with van der Waals surface area (Å²) >= 11 is 0. The molecule has 0 bridgehead atoms. The Bertz CT molecular complexity index is 227. The Morgan fingerprint density at radius 1 is 1.44 bits per heavy atom. The summed E-state index contributed by atoms with van der Waals surface area (Å²) in [7, 11) is 1.41. The highest BCUT2D eigenvalue weighted by Crippen LogP contribution is 2.24. The van der Waals surface area contributed by atoms with E-state index in [9.17, 15) is 13.2 Å². The van der Waals surface area contributed by atoms with Crippen LogP contribution in [-0.2, 0) is 4.74 Å². The fraction of sp³-hybridized carbons (Fsp3) is 0.889. The van der Waals surface area contributed by atoms with Crippen molar-refractivity contribution in [2.24, 2.45) is 5.73 Å². The van der Waals surface area contributed by atoms with Crippen LogP contribution in [0.15, 0.2) is 0 Å². The molecule has 1 unspecified atom stereocenters. The van der Waals surface area contributed by atoms with Gasteiger partial charge in [0.15, 0.2) is 0 Å². The van der Waals surface area contributed by atoms with E-state index >= 15 is 0 Å². The second-order valence-electron chi connectivity index (χ2n) is 3.23. The van der Waals surface area contributed by atoms with Gasteiger partial charge in [-0.15, -0.1) is 0 Å². The van der Waals surface area contributed by atoms with Crippen molar-refractivity contribution in [3.05, 3.63) is 0 Å². The summed E-state index contributed by atoms with van der Waals surface area (Å²) in [6.45, 7) is -0.183. The van der Waals surface area contributed by atoms with Crippen molar-refractivity contribution < 1.29 is 17.9 Å². The first-order chi connectivity index (χ1) is 7.47. The highest BCUT2D eigenvalue weighted by molar-refractivity contribution is 4.82. The van der Waals surface area contributed by atoms with E-state index in [1.165, 1.54) is 7.11 Å². The summed E-state index contributed by atoms with van der Waals surface area (Å²) in [6, 6.07) is 0.102. The van der Waals surface area contributed by atoms with Crippen LogP contribution in [0.4, 0.5) is 13.2 Å². The van der Waals surface area contributed by atoms with E-state index in [1.54, 1.807) is 0 Å². The number of halogens is 3. The quantitative estimate of drug-likeness (QED) is 0.711. The van der Waals surface area contributed by atoms with Gasteiger partial charge in [0.2, 0.25) is 0 Å². The molecule has 0 rings (SSSR count). The number of rotatable bonds is 7. The molecule has 0 aliphatic heterocycles. The summed E-state index contributed by atoms with van der Waals surface area (Å²) in [5.74, 6) is 0. The summed E-state index contributed by atoms with van der Waals surface area (Å²) in [5, 5.41) is 8.38. The van der Waals surface area contributed by atoms with Crippen molar-refractivity contribution in [2.45, 2.75) is 18.6 Å². The van der Waals surface area contributed by atoms with Crippen LogP contribution in [0.5, 0.6) is 0 Å². The lowest BCUT2D eigenvalue weighted by molar-refractivity contribution is -0.182. The third-order valence-electron chi connectivity index (χ3n) is 2.14. The standard InChI is InChI=1S/C9H16F3N3O/c1-16-6-5-15(4-2-3-13)8(7-14)9(10,11)12/h8H,2,4-7,14H2,1H3. The van der Waals surface area contributed by atoms with E-state index in [-0.39, 0.29) is 26.1 Å². The van der Waals surface area contributed by atoms with Crippen LogP contribution in [-0.4, -0.2) is 50.5 Å². The number of nitriles is 1. The van der Waals surface area contributed by atoms with E-state index in [2.05, 4.69) is 0 Å². The van der Waals surface area contributed by atoms with E-state index in [1.807, 2.05) is 6.07 Å². The molecule has 0 saturated carbocycles. The molecule has 7 heteroatoms. The van der Waals surface area contributed by atoms with Crippen molar-refractivity contribution in [3.63, 3.8) is 0 Å². The number of methoxy groups -OCH3 is 1. The Morgan fingerprint density at radius 3 is 2.44 bits per heavy atom. The van der Waals surface area contributed by atoms with E-state index in [0.29, 0.717) is 0 Å². The lowest BCUT2D eigenvalue weighted by atomic mass is 10.2. The molecule has 0 heterocycles. The molecule has 0 aromatic heterocycles. The van der Waals surface area contributed by atoms with Crippen LogP contribution in [0.2, 0.25) is 0 Å². The van der Waals surface area contributed by atoms with Gasteiger partial charge in [-0.05, 0) is 0 Å². The van der Waals surface area contributed by atoms with Crippen LogP contribution in [0.1, 0.15) is 6.42 Å². The van der Waals surface area contributed by atoms with Gasteiger partial charge in [-0.25, -0.2) is 0 Å². The maximum atomic E-state index is 12.6. The average molecular weight is 239 g/mol. The minimum absolute atomic E-state index is 0.0380. The van der Waals surface area contributed by atoms with Crippen LogP contribution in [0.3, 0.4) is 0 Å². The first-order valence-electron chi connectivity index (χ1n) is 4.84. The largest absolute Gasteiger partial charge is 0.405 e. The lowest BCUT2D eigenvalue weighted by Crippen LogP contribution is -2.51. The Kier molecular flexibility index (Phi) is 7.05. The monoisotopic (exact) mass is 239 g/mol. The molecule has 0 aromatic carbocycles. The molecule has 0 aromatic rings. The molecular formula is C9H16F3N3O. The minimum atomic E-state index is -4.38. The van der Waals surface area contributed by atoms with Crippen LogP contribution in [0.25, 0.3) is 0 Å². The van der Waals surface area contributed by atoms with E-state index < -0.39 is 18.8 Å². The Balaban J connectivity index is 4.50. The molecular weight excluding hydrogens is 223 g/mol. The zero-order valence-electron chi connectivity index (χ0n) is 9.13. The molecule has 94 valence electrons. The maximum absolute atomic E-state index is 12.6.